The van der Waals surface area contributed by atoms with Gasteiger partial charge in [-0.2, -0.15) is 5.10 Å². The minimum absolute atomic E-state index is 0.170. The van der Waals surface area contributed by atoms with E-state index in [4.69, 9.17) is 10.7 Å². The average molecular weight is 372 g/mol. The van der Waals surface area contributed by atoms with Gasteiger partial charge in [0.2, 0.25) is 0 Å². The van der Waals surface area contributed by atoms with E-state index < -0.39 is 11.7 Å². The fourth-order valence-electron chi connectivity index (χ4n) is 3.59. The fraction of sp³-hybridized carbons (Fsp3) is 0. The summed E-state index contributed by atoms with van der Waals surface area (Å²) in [5.41, 5.74) is 9.62. The molecule has 28 heavy (non-hydrogen) atoms. The molecule has 0 aliphatic carbocycles. The molecule has 0 spiro atoms. The molecule has 1 amide bonds. The zero-order chi connectivity index (χ0) is 19.4. The Bertz CT molecular complexity index is 1320. The zero-order valence-electron chi connectivity index (χ0n) is 14.4. The first-order chi connectivity index (χ1) is 13.5. The molecule has 0 radical (unpaired) electrons. The van der Waals surface area contributed by atoms with Crippen LogP contribution in [0.5, 0.6) is 5.75 Å². The third-order valence-corrected chi connectivity index (χ3v) is 4.82. The van der Waals surface area contributed by atoms with Crippen molar-refractivity contribution in [3.63, 3.8) is 0 Å². The first-order valence-electron chi connectivity index (χ1n) is 8.52. The normalized spacial score (nSPS) is 12.4. The molecule has 0 saturated heterocycles. The van der Waals surface area contributed by atoms with E-state index in [0.29, 0.717) is 33.6 Å². The van der Waals surface area contributed by atoms with Gasteiger partial charge in [-0.15, -0.1) is 0 Å². The van der Waals surface area contributed by atoms with Crippen LogP contribution >= 0.6 is 0 Å². The Morgan fingerprint density at radius 2 is 1.89 bits per heavy atom. The quantitative estimate of drug-likeness (QED) is 0.497. The van der Waals surface area contributed by atoms with Gasteiger partial charge in [0.15, 0.2) is 0 Å². The average Bonchev–Trinajstić information content (AvgIpc) is 3.04. The molecule has 0 saturated carbocycles. The molecule has 0 unspecified atom stereocenters. The van der Waals surface area contributed by atoms with Gasteiger partial charge < -0.3 is 10.8 Å². The molecule has 3 N–H and O–H groups in total. The van der Waals surface area contributed by atoms with Gasteiger partial charge in [0.1, 0.15) is 11.6 Å². The number of fused-ring (bicyclic) bond motifs is 2. The maximum atomic E-state index is 14.7. The number of aromatic hydroxyl groups is 1. The third kappa shape index (κ3) is 2.23. The summed E-state index contributed by atoms with van der Waals surface area (Å²) in [5.74, 6) is -1.37. The second kappa shape index (κ2) is 5.75. The largest absolute Gasteiger partial charge is 0.508 e. The molecular weight excluding hydrogens is 359 g/mol. The molecule has 5 rings (SSSR count). The first kappa shape index (κ1) is 16.2. The second-order valence-electron chi connectivity index (χ2n) is 6.46. The van der Waals surface area contributed by atoms with Crippen LogP contribution in [0.15, 0.2) is 65.9 Å². The monoisotopic (exact) mass is 372 g/mol. The number of amides is 1. The Hall–Kier alpha value is -4.00. The predicted octanol–water partition coefficient (Wildman–Crippen LogP) is 3.43. The number of aromatic nitrogens is 2. The van der Waals surface area contributed by atoms with Crippen LogP contribution in [-0.2, 0) is 0 Å². The number of benzene rings is 2. The number of carbonyl (C=O) groups excluding carboxylic acids is 1. The molecule has 4 aromatic rings. The molecule has 7 heteroatoms. The Morgan fingerprint density at radius 3 is 2.68 bits per heavy atom. The van der Waals surface area contributed by atoms with Crippen LogP contribution < -0.4 is 5.73 Å². The summed E-state index contributed by atoms with van der Waals surface area (Å²) < 4.78 is 16.3. The molecule has 0 atom stereocenters. The number of halogens is 1. The van der Waals surface area contributed by atoms with Crippen LogP contribution in [-0.4, -0.2) is 26.3 Å². The summed E-state index contributed by atoms with van der Waals surface area (Å²) in [6, 6.07) is 13.0. The number of phenolic OH excluding ortho intramolecular Hbond substituents is 1. The fourth-order valence-corrected chi connectivity index (χ4v) is 3.59. The maximum absolute atomic E-state index is 14.7. The topological polar surface area (TPSA) is 93.0 Å². The molecule has 1 aliphatic heterocycles. The lowest BCUT2D eigenvalue weighted by atomic mass is 9.96. The zero-order valence-corrected chi connectivity index (χ0v) is 14.4. The van der Waals surface area contributed by atoms with E-state index >= 15 is 0 Å². The maximum Gasteiger partial charge on any atom is 0.251 e. The smallest absolute Gasteiger partial charge is 0.251 e. The van der Waals surface area contributed by atoms with Crippen molar-refractivity contribution in [3.8, 4) is 16.9 Å². The first-order valence-corrected chi connectivity index (χ1v) is 8.52. The van der Waals surface area contributed by atoms with Gasteiger partial charge in [0.05, 0.1) is 28.7 Å². The van der Waals surface area contributed by atoms with Gasteiger partial charge in [-0.05, 0) is 24.3 Å². The minimum Gasteiger partial charge on any atom is -0.508 e. The molecule has 2 aromatic heterocycles. The van der Waals surface area contributed by atoms with Crippen LogP contribution in [0.4, 0.5) is 10.1 Å². The number of carbonyl (C=O) groups is 1. The number of nitrogens with zero attached hydrogens (tertiary/aromatic N) is 3. The standard InChI is InChI=1S/C21H13FN4O2/c22-16-9-11(27)5-6-12(16)19-14-7-8-26-20(14)18(15(10-24-26)21(23)28)13-3-1-2-4-17(13)25-19/h1-10,27H,(H2,23,28). The lowest BCUT2D eigenvalue weighted by molar-refractivity contribution is 0.100. The van der Waals surface area contributed by atoms with Crippen LogP contribution in [0.2, 0.25) is 0 Å². The van der Waals surface area contributed by atoms with E-state index in [2.05, 4.69) is 5.10 Å². The van der Waals surface area contributed by atoms with Crippen molar-refractivity contribution >= 4 is 22.8 Å². The molecule has 136 valence electrons. The summed E-state index contributed by atoms with van der Waals surface area (Å²) in [7, 11) is 0. The van der Waals surface area contributed by atoms with Crippen molar-refractivity contribution in [1.82, 2.24) is 9.61 Å². The van der Waals surface area contributed by atoms with Gasteiger partial charge >= 0.3 is 0 Å². The summed E-state index contributed by atoms with van der Waals surface area (Å²) in [5, 5.41) is 13.8. The number of aliphatic imine (C=N–C) groups is 1. The number of phenols is 1. The highest BCUT2D eigenvalue weighted by atomic mass is 19.1. The van der Waals surface area contributed by atoms with Crippen LogP contribution in [0, 0.1) is 5.82 Å². The van der Waals surface area contributed by atoms with Gasteiger partial charge in [-0.3, -0.25) is 4.79 Å². The Kier molecular flexibility index (Phi) is 3.33. The molecule has 1 aliphatic rings. The molecule has 6 nitrogen and oxygen atoms in total. The molecule has 2 aromatic carbocycles. The molecular formula is C21H13FN4O2. The van der Waals surface area contributed by atoms with E-state index in [1.54, 1.807) is 22.8 Å². The summed E-state index contributed by atoms with van der Waals surface area (Å²) in [6.45, 7) is 0. The lowest BCUT2D eigenvalue weighted by Crippen LogP contribution is -2.14. The van der Waals surface area contributed by atoms with E-state index in [-0.39, 0.29) is 16.9 Å². The van der Waals surface area contributed by atoms with E-state index in [1.807, 2.05) is 18.2 Å². The van der Waals surface area contributed by atoms with Crippen molar-refractivity contribution in [2.24, 2.45) is 10.7 Å². The third-order valence-electron chi connectivity index (χ3n) is 4.82. The van der Waals surface area contributed by atoms with E-state index in [9.17, 15) is 14.3 Å². The minimum atomic E-state index is -0.605. The number of rotatable bonds is 2. The summed E-state index contributed by atoms with van der Waals surface area (Å²) in [4.78, 5) is 16.8. The molecule has 0 fully saturated rings. The second-order valence-corrected chi connectivity index (χ2v) is 6.46. The highest BCUT2D eigenvalue weighted by Gasteiger charge is 2.26. The summed E-state index contributed by atoms with van der Waals surface area (Å²) in [6.07, 6.45) is 3.15. The van der Waals surface area contributed by atoms with Crippen molar-refractivity contribution in [2.45, 2.75) is 0 Å². The van der Waals surface area contributed by atoms with Crippen molar-refractivity contribution in [1.29, 1.82) is 0 Å². The van der Waals surface area contributed by atoms with Crippen molar-refractivity contribution in [3.05, 3.63) is 83.4 Å². The van der Waals surface area contributed by atoms with E-state index in [0.717, 1.165) is 6.07 Å². The number of primary amides is 1. The van der Waals surface area contributed by atoms with Crippen molar-refractivity contribution in [2.75, 3.05) is 0 Å². The number of nitrogens with two attached hydrogens (primary N) is 1. The number of para-hydroxylation sites is 1. The highest BCUT2D eigenvalue weighted by molar-refractivity contribution is 6.22. The number of hydrogen-bond donors (Lipinski definition) is 2. The summed E-state index contributed by atoms with van der Waals surface area (Å²) >= 11 is 0. The SMILES string of the molecule is NC(=O)c1cnn2ccc3c2c1-c1ccccc1N=C3c1ccc(O)cc1F. The van der Waals surface area contributed by atoms with Gasteiger partial charge in [-0.1, -0.05) is 18.2 Å². The van der Waals surface area contributed by atoms with Crippen LogP contribution in [0.3, 0.4) is 0 Å². The highest BCUT2D eigenvalue weighted by Crippen LogP contribution is 2.41. The Labute approximate surface area is 158 Å². The molecule has 0 bridgehead atoms. The predicted molar refractivity (Wildman–Crippen MR) is 103 cm³/mol. The number of hydrogen-bond acceptors (Lipinski definition) is 4. The Balaban J connectivity index is 1.95. The van der Waals surface area contributed by atoms with Gasteiger partial charge in [-0.25, -0.2) is 13.9 Å². The van der Waals surface area contributed by atoms with Gasteiger partial charge in [0.25, 0.3) is 5.91 Å². The molecule has 3 heterocycles. The van der Waals surface area contributed by atoms with Gasteiger partial charge in [0, 0.05) is 34.5 Å². The van der Waals surface area contributed by atoms with E-state index in [1.165, 1.54) is 18.3 Å². The van der Waals surface area contributed by atoms with Crippen molar-refractivity contribution < 1.29 is 14.3 Å². The lowest BCUT2D eigenvalue weighted by Gasteiger charge is -2.10. The van der Waals surface area contributed by atoms with Crippen LogP contribution in [0.25, 0.3) is 16.6 Å². The van der Waals surface area contributed by atoms with Crippen LogP contribution in [0.1, 0.15) is 21.5 Å². The Morgan fingerprint density at radius 1 is 1.07 bits per heavy atom.